The van der Waals surface area contributed by atoms with Crippen molar-refractivity contribution in [1.29, 1.82) is 0 Å². The molecule has 0 spiro atoms. The predicted octanol–water partition coefficient (Wildman–Crippen LogP) is 4.73. The van der Waals surface area contributed by atoms with Gasteiger partial charge >= 0.3 is 0 Å². The lowest BCUT2D eigenvalue weighted by atomic mass is 10.1. The van der Waals surface area contributed by atoms with Gasteiger partial charge in [-0.15, -0.1) is 0 Å². The first-order valence-electron chi connectivity index (χ1n) is 7.65. The lowest BCUT2D eigenvalue weighted by Gasteiger charge is -2.14. The SMILES string of the molecule is CCC(C)Oc1ccc(C(=O)Nc2c(C)cccc2C)cc1. The Morgan fingerprint density at radius 2 is 1.68 bits per heavy atom. The third-order valence-electron chi connectivity index (χ3n) is 3.75. The summed E-state index contributed by atoms with van der Waals surface area (Å²) >= 11 is 0. The molecule has 1 unspecified atom stereocenters. The Bertz CT molecular complexity index is 627. The molecule has 0 aromatic heterocycles. The molecule has 0 saturated heterocycles. The number of anilines is 1. The van der Waals surface area contributed by atoms with Crippen molar-refractivity contribution in [2.24, 2.45) is 0 Å². The van der Waals surface area contributed by atoms with Crippen LogP contribution in [0.1, 0.15) is 41.8 Å². The average Bonchev–Trinajstić information content (AvgIpc) is 2.51. The second-order valence-electron chi connectivity index (χ2n) is 5.58. The van der Waals surface area contributed by atoms with Gasteiger partial charge in [-0.1, -0.05) is 25.1 Å². The fourth-order valence-corrected chi connectivity index (χ4v) is 2.20. The molecule has 1 N–H and O–H groups in total. The summed E-state index contributed by atoms with van der Waals surface area (Å²) in [7, 11) is 0. The van der Waals surface area contributed by atoms with Crippen LogP contribution in [-0.2, 0) is 0 Å². The summed E-state index contributed by atoms with van der Waals surface area (Å²) in [6, 6.07) is 13.2. The van der Waals surface area contributed by atoms with E-state index in [4.69, 9.17) is 4.74 Å². The average molecular weight is 297 g/mol. The Hall–Kier alpha value is -2.29. The van der Waals surface area contributed by atoms with Crippen molar-refractivity contribution in [2.45, 2.75) is 40.2 Å². The number of carbonyl (C=O) groups excluding carboxylic acids is 1. The van der Waals surface area contributed by atoms with E-state index in [0.717, 1.165) is 29.0 Å². The molecule has 3 heteroatoms. The van der Waals surface area contributed by atoms with Crippen LogP contribution in [0.25, 0.3) is 0 Å². The van der Waals surface area contributed by atoms with Gasteiger partial charge in [0.15, 0.2) is 0 Å². The molecule has 1 amide bonds. The van der Waals surface area contributed by atoms with Gasteiger partial charge in [-0.25, -0.2) is 0 Å². The van der Waals surface area contributed by atoms with Gasteiger partial charge in [0.2, 0.25) is 0 Å². The molecule has 0 bridgehead atoms. The quantitative estimate of drug-likeness (QED) is 0.866. The van der Waals surface area contributed by atoms with Crippen molar-refractivity contribution in [3.05, 3.63) is 59.2 Å². The number of para-hydroxylation sites is 1. The zero-order valence-corrected chi connectivity index (χ0v) is 13.6. The van der Waals surface area contributed by atoms with Crippen molar-refractivity contribution < 1.29 is 9.53 Å². The third kappa shape index (κ3) is 3.88. The van der Waals surface area contributed by atoms with Crippen molar-refractivity contribution in [2.75, 3.05) is 5.32 Å². The first-order valence-corrected chi connectivity index (χ1v) is 7.65. The molecule has 0 radical (unpaired) electrons. The third-order valence-corrected chi connectivity index (χ3v) is 3.75. The van der Waals surface area contributed by atoms with Gasteiger partial charge < -0.3 is 10.1 Å². The Morgan fingerprint density at radius 3 is 2.23 bits per heavy atom. The van der Waals surface area contributed by atoms with Crippen molar-refractivity contribution >= 4 is 11.6 Å². The normalized spacial score (nSPS) is 11.8. The minimum Gasteiger partial charge on any atom is -0.491 e. The van der Waals surface area contributed by atoms with Crippen LogP contribution in [0.4, 0.5) is 5.69 Å². The van der Waals surface area contributed by atoms with Crippen molar-refractivity contribution in [3.8, 4) is 5.75 Å². The number of hydrogen-bond donors (Lipinski definition) is 1. The lowest BCUT2D eigenvalue weighted by molar-refractivity contribution is 0.102. The Kier molecular flexibility index (Phi) is 5.21. The van der Waals surface area contributed by atoms with Crippen LogP contribution in [0.2, 0.25) is 0 Å². The second-order valence-corrected chi connectivity index (χ2v) is 5.58. The molecule has 2 rings (SSSR count). The molecular formula is C19H23NO2. The van der Waals surface area contributed by atoms with Crippen LogP contribution < -0.4 is 10.1 Å². The van der Waals surface area contributed by atoms with E-state index >= 15 is 0 Å². The van der Waals surface area contributed by atoms with Crippen LogP contribution >= 0.6 is 0 Å². The Balaban J connectivity index is 2.10. The molecule has 0 saturated carbocycles. The van der Waals surface area contributed by atoms with Crippen molar-refractivity contribution in [3.63, 3.8) is 0 Å². The fourth-order valence-electron chi connectivity index (χ4n) is 2.20. The van der Waals surface area contributed by atoms with E-state index in [-0.39, 0.29) is 12.0 Å². The summed E-state index contributed by atoms with van der Waals surface area (Å²) in [5, 5.41) is 2.99. The van der Waals surface area contributed by atoms with E-state index in [0.29, 0.717) is 5.56 Å². The summed E-state index contributed by atoms with van der Waals surface area (Å²) in [6.07, 6.45) is 1.13. The van der Waals surface area contributed by atoms with Gasteiger partial charge in [-0.05, 0) is 62.6 Å². The van der Waals surface area contributed by atoms with Crippen LogP contribution in [0.5, 0.6) is 5.75 Å². The number of carbonyl (C=O) groups is 1. The van der Waals surface area contributed by atoms with E-state index in [1.165, 1.54) is 0 Å². The van der Waals surface area contributed by atoms with Gasteiger partial charge in [0.25, 0.3) is 5.91 Å². The Morgan fingerprint density at radius 1 is 1.09 bits per heavy atom. The second kappa shape index (κ2) is 7.12. The molecule has 1 atom stereocenters. The molecule has 0 aliphatic heterocycles. The van der Waals surface area contributed by atoms with Crippen molar-refractivity contribution in [1.82, 2.24) is 0 Å². The maximum atomic E-state index is 12.4. The summed E-state index contributed by atoms with van der Waals surface area (Å²) in [6.45, 7) is 8.09. The zero-order valence-electron chi connectivity index (χ0n) is 13.6. The summed E-state index contributed by atoms with van der Waals surface area (Å²) in [5.41, 5.74) is 3.63. The largest absolute Gasteiger partial charge is 0.491 e. The molecule has 0 aliphatic carbocycles. The molecule has 0 aliphatic rings. The van der Waals surface area contributed by atoms with E-state index in [2.05, 4.69) is 12.2 Å². The highest BCUT2D eigenvalue weighted by molar-refractivity contribution is 6.05. The smallest absolute Gasteiger partial charge is 0.255 e. The maximum absolute atomic E-state index is 12.4. The highest BCUT2D eigenvalue weighted by Gasteiger charge is 2.10. The number of nitrogens with one attached hydrogen (secondary N) is 1. The number of aryl methyl sites for hydroxylation is 2. The summed E-state index contributed by atoms with van der Waals surface area (Å²) in [4.78, 5) is 12.4. The van der Waals surface area contributed by atoms with Gasteiger partial charge in [-0.2, -0.15) is 0 Å². The number of benzene rings is 2. The predicted molar refractivity (Wildman–Crippen MR) is 90.7 cm³/mol. The Labute approximate surface area is 132 Å². The van der Waals surface area contributed by atoms with Gasteiger partial charge in [-0.3, -0.25) is 4.79 Å². The minimum absolute atomic E-state index is 0.104. The fraction of sp³-hybridized carbons (Fsp3) is 0.316. The molecule has 3 nitrogen and oxygen atoms in total. The summed E-state index contributed by atoms with van der Waals surface area (Å²) in [5.74, 6) is 0.686. The summed E-state index contributed by atoms with van der Waals surface area (Å²) < 4.78 is 5.72. The minimum atomic E-state index is -0.104. The van der Waals surface area contributed by atoms with Gasteiger partial charge in [0, 0.05) is 11.3 Å². The van der Waals surface area contributed by atoms with Crippen LogP contribution in [0.15, 0.2) is 42.5 Å². The number of ether oxygens (including phenoxy) is 1. The number of amides is 1. The number of rotatable bonds is 5. The molecule has 22 heavy (non-hydrogen) atoms. The van der Waals surface area contributed by atoms with E-state index < -0.39 is 0 Å². The van der Waals surface area contributed by atoms with Crippen LogP contribution in [0, 0.1) is 13.8 Å². The molecular weight excluding hydrogens is 274 g/mol. The van der Waals surface area contributed by atoms with Crippen LogP contribution in [-0.4, -0.2) is 12.0 Å². The molecule has 0 fully saturated rings. The van der Waals surface area contributed by atoms with E-state index in [1.807, 2.05) is 51.1 Å². The van der Waals surface area contributed by atoms with E-state index in [9.17, 15) is 4.79 Å². The molecule has 2 aromatic rings. The highest BCUT2D eigenvalue weighted by atomic mass is 16.5. The maximum Gasteiger partial charge on any atom is 0.255 e. The van der Waals surface area contributed by atoms with Gasteiger partial charge in [0.1, 0.15) is 5.75 Å². The highest BCUT2D eigenvalue weighted by Crippen LogP contribution is 2.21. The molecule has 0 heterocycles. The standard InChI is InChI=1S/C19H23NO2/c1-5-15(4)22-17-11-9-16(10-12-17)19(21)20-18-13(2)7-6-8-14(18)3/h6-12,15H,5H2,1-4H3,(H,20,21). The first kappa shape index (κ1) is 16.1. The van der Waals surface area contributed by atoms with Crippen LogP contribution in [0.3, 0.4) is 0 Å². The van der Waals surface area contributed by atoms with Gasteiger partial charge in [0.05, 0.1) is 6.10 Å². The van der Waals surface area contributed by atoms with E-state index in [1.54, 1.807) is 12.1 Å². The monoisotopic (exact) mass is 297 g/mol. The zero-order chi connectivity index (χ0) is 16.1. The lowest BCUT2D eigenvalue weighted by Crippen LogP contribution is -2.14. The molecule has 2 aromatic carbocycles. The topological polar surface area (TPSA) is 38.3 Å². The number of hydrogen-bond acceptors (Lipinski definition) is 2. The first-order chi connectivity index (χ1) is 10.5. The molecule has 116 valence electrons.